The predicted molar refractivity (Wildman–Crippen MR) is 74.7 cm³/mol. The van der Waals surface area contributed by atoms with E-state index in [1.807, 2.05) is 0 Å². The lowest BCUT2D eigenvalue weighted by Gasteiger charge is -2.06. The van der Waals surface area contributed by atoms with Crippen LogP contribution in [-0.4, -0.2) is 21.8 Å². The third-order valence-electron chi connectivity index (χ3n) is 3.00. The highest BCUT2D eigenvalue weighted by Gasteiger charge is 2.24. The molecular formula is C15H11NO5. The van der Waals surface area contributed by atoms with Crippen molar-refractivity contribution in [3.05, 3.63) is 74.8 Å². The molecule has 6 nitrogen and oxygen atoms in total. The summed E-state index contributed by atoms with van der Waals surface area (Å²) in [5.41, 5.74) is -0.0340. The fraction of sp³-hybridized carbons (Fsp3) is 0.0667. The zero-order chi connectivity index (χ0) is 15.6. The van der Waals surface area contributed by atoms with Gasteiger partial charge >= 0.3 is 5.97 Å². The van der Waals surface area contributed by atoms with E-state index in [-0.39, 0.29) is 22.4 Å². The van der Waals surface area contributed by atoms with Crippen LogP contribution < -0.4 is 0 Å². The smallest absolute Gasteiger partial charge is 0.336 e. The average molecular weight is 285 g/mol. The van der Waals surface area contributed by atoms with Crippen LogP contribution in [-0.2, 0) is 0 Å². The molecule has 0 saturated heterocycles. The number of nitro benzene ring substituents is 1. The van der Waals surface area contributed by atoms with Gasteiger partial charge in [-0.15, -0.1) is 0 Å². The summed E-state index contributed by atoms with van der Waals surface area (Å²) in [6.07, 6.45) is 0. The van der Waals surface area contributed by atoms with E-state index < -0.39 is 16.7 Å². The van der Waals surface area contributed by atoms with E-state index in [9.17, 15) is 19.7 Å². The Balaban J connectivity index is 2.63. The van der Waals surface area contributed by atoms with Gasteiger partial charge in [-0.3, -0.25) is 14.9 Å². The number of carbonyl (C=O) groups is 2. The summed E-state index contributed by atoms with van der Waals surface area (Å²) >= 11 is 0. The highest BCUT2D eigenvalue weighted by molar-refractivity contribution is 6.16. The Kier molecular flexibility index (Phi) is 3.80. The van der Waals surface area contributed by atoms with Crippen LogP contribution in [0.1, 0.15) is 31.8 Å². The maximum Gasteiger partial charge on any atom is 0.336 e. The van der Waals surface area contributed by atoms with E-state index in [1.54, 1.807) is 6.92 Å². The summed E-state index contributed by atoms with van der Waals surface area (Å²) in [4.78, 5) is 34.0. The molecule has 1 N–H and O–H groups in total. The second-order valence-corrected chi connectivity index (χ2v) is 4.46. The Morgan fingerprint density at radius 1 is 1.05 bits per heavy atom. The summed E-state index contributed by atoms with van der Waals surface area (Å²) in [6, 6.07) is 9.80. The van der Waals surface area contributed by atoms with E-state index in [0.717, 1.165) is 0 Å². The van der Waals surface area contributed by atoms with Gasteiger partial charge in [-0.1, -0.05) is 24.3 Å². The third-order valence-corrected chi connectivity index (χ3v) is 3.00. The van der Waals surface area contributed by atoms with Gasteiger partial charge < -0.3 is 5.11 Å². The quantitative estimate of drug-likeness (QED) is 0.529. The van der Waals surface area contributed by atoms with E-state index in [1.165, 1.54) is 42.5 Å². The molecule has 0 atom stereocenters. The molecule has 2 aromatic rings. The van der Waals surface area contributed by atoms with Crippen LogP contribution in [0, 0.1) is 17.0 Å². The number of nitro groups is 1. The van der Waals surface area contributed by atoms with Crippen LogP contribution in [0.4, 0.5) is 5.69 Å². The monoisotopic (exact) mass is 285 g/mol. The number of aryl methyl sites for hydroxylation is 1. The summed E-state index contributed by atoms with van der Waals surface area (Å²) in [5, 5.41) is 20.1. The number of benzene rings is 2. The minimum absolute atomic E-state index is 0.0706. The number of ketones is 1. The lowest BCUT2D eigenvalue weighted by atomic mass is 9.96. The standard InChI is InChI=1S/C15H11NO5/c1-9-6-7-13(16(20)21)12(8-9)14(17)10-4-2-3-5-11(10)15(18)19/h2-8H,1H3,(H,18,19). The average Bonchev–Trinajstić information content (AvgIpc) is 2.46. The summed E-state index contributed by atoms with van der Waals surface area (Å²) < 4.78 is 0. The van der Waals surface area contributed by atoms with Gasteiger partial charge in [-0.05, 0) is 24.6 Å². The van der Waals surface area contributed by atoms with Gasteiger partial charge in [-0.2, -0.15) is 0 Å². The molecule has 2 rings (SSSR count). The summed E-state index contributed by atoms with van der Waals surface area (Å²) in [5.74, 6) is -1.93. The minimum atomic E-state index is -1.26. The summed E-state index contributed by atoms with van der Waals surface area (Å²) in [7, 11) is 0. The zero-order valence-corrected chi connectivity index (χ0v) is 11.1. The molecule has 0 spiro atoms. The molecule has 0 aliphatic heterocycles. The molecule has 0 amide bonds. The Morgan fingerprint density at radius 3 is 2.24 bits per heavy atom. The first-order valence-corrected chi connectivity index (χ1v) is 6.04. The van der Waals surface area contributed by atoms with E-state index in [2.05, 4.69) is 0 Å². The predicted octanol–water partition coefficient (Wildman–Crippen LogP) is 2.83. The lowest BCUT2D eigenvalue weighted by Crippen LogP contribution is -2.11. The molecule has 0 aliphatic carbocycles. The molecule has 0 heterocycles. The topological polar surface area (TPSA) is 97.5 Å². The van der Waals surface area contributed by atoms with Crippen LogP contribution in [0.15, 0.2) is 42.5 Å². The second kappa shape index (κ2) is 5.54. The first kappa shape index (κ1) is 14.4. The molecule has 0 radical (unpaired) electrons. The van der Waals surface area contributed by atoms with Crippen molar-refractivity contribution in [1.82, 2.24) is 0 Å². The highest BCUT2D eigenvalue weighted by Crippen LogP contribution is 2.24. The SMILES string of the molecule is Cc1ccc([N+](=O)[O-])c(C(=O)c2ccccc2C(=O)O)c1. The number of hydrogen-bond donors (Lipinski definition) is 1. The fourth-order valence-corrected chi connectivity index (χ4v) is 2.00. The van der Waals surface area contributed by atoms with Crippen LogP contribution in [0.3, 0.4) is 0 Å². The van der Waals surface area contributed by atoms with Gasteiger partial charge in [0.05, 0.1) is 10.5 Å². The van der Waals surface area contributed by atoms with Crippen molar-refractivity contribution in [2.45, 2.75) is 6.92 Å². The molecule has 0 fully saturated rings. The molecule has 0 aromatic heterocycles. The van der Waals surface area contributed by atoms with Crippen molar-refractivity contribution in [3.8, 4) is 0 Å². The van der Waals surface area contributed by atoms with Crippen molar-refractivity contribution >= 4 is 17.4 Å². The third kappa shape index (κ3) is 2.79. The second-order valence-electron chi connectivity index (χ2n) is 4.46. The number of carboxylic acid groups (broad SMARTS) is 1. The van der Waals surface area contributed by atoms with E-state index in [4.69, 9.17) is 5.11 Å². The lowest BCUT2D eigenvalue weighted by molar-refractivity contribution is -0.385. The van der Waals surface area contributed by atoms with Crippen molar-refractivity contribution < 1.29 is 19.6 Å². The van der Waals surface area contributed by atoms with Crippen molar-refractivity contribution in [3.63, 3.8) is 0 Å². The Morgan fingerprint density at radius 2 is 1.67 bits per heavy atom. The van der Waals surface area contributed by atoms with Gasteiger partial charge in [0.2, 0.25) is 5.78 Å². The molecule has 0 bridgehead atoms. The van der Waals surface area contributed by atoms with Gasteiger partial charge in [0, 0.05) is 11.6 Å². The number of carboxylic acids is 1. The Labute approximate surface area is 119 Å². The van der Waals surface area contributed by atoms with Crippen molar-refractivity contribution in [2.75, 3.05) is 0 Å². The molecule has 0 saturated carbocycles. The van der Waals surface area contributed by atoms with Crippen molar-refractivity contribution in [1.29, 1.82) is 0 Å². The van der Waals surface area contributed by atoms with Crippen LogP contribution in [0.25, 0.3) is 0 Å². The molecule has 21 heavy (non-hydrogen) atoms. The number of aromatic carboxylic acids is 1. The molecule has 2 aromatic carbocycles. The minimum Gasteiger partial charge on any atom is -0.478 e. The maximum absolute atomic E-state index is 12.5. The molecule has 6 heteroatoms. The molecule has 0 unspecified atom stereocenters. The van der Waals surface area contributed by atoms with Crippen LogP contribution in [0.2, 0.25) is 0 Å². The fourth-order valence-electron chi connectivity index (χ4n) is 2.00. The van der Waals surface area contributed by atoms with Crippen molar-refractivity contribution in [2.24, 2.45) is 0 Å². The van der Waals surface area contributed by atoms with Gasteiger partial charge in [-0.25, -0.2) is 4.79 Å². The summed E-state index contributed by atoms with van der Waals surface area (Å²) in [6.45, 7) is 1.70. The number of carbonyl (C=O) groups excluding carboxylic acids is 1. The van der Waals surface area contributed by atoms with Gasteiger partial charge in [0.25, 0.3) is 5.69 Å². The Hall–Kier alpha value is -3.02. The largest absolute Gasteiger partial charge is 0.478 e. The van der Waals surface area contributed by atoms with Gasteiger partial charge in [0.15, 0.2) is 0 Å². The maximum atomic E-state index is 12.5. The number of nitrogens with zero attached hydrogens (tertiary/aromatic N) is 1. The van der Waals surface area contributed by atoms with Crippen LogP contribution >= 0.6 is 0 Å². The van der Waals surface area contributed by atoms with E-state index in [0.29, 0.717) is 5.56 Å². The zero-order valence-electron chi connectivity index (χ0n) is 11.1. The highest BCUT2D eigenvalue weighted by atomic mass is 16.6. The molecule has 106 valence electrons. The number of hydrogen-bond acceptors (Lipinski definition) is 4. The molecule has 0 aliphatic rings. The Bertz CT molecular complexity index is 751. The normalized spacial score (nSPS) is 10.1. The van der Waals surface area contributed by atoms with Gasteiger partial charge in [0.1, 0.15) is 5.56 Å². The van der Waals surface area contributed by atoms with E-state index >= 15 is 0 Å². The van der Waals surface area contributed by atoms with Crippen LogP contribution in [0.5, 0.6) is 0 Å². The number of rotatable bonds is 4. The first-order chi connectivity index (χ1) is 9.91. The first-order valence-electron chi connectivity index (χ1n) is 6.04. The molecular weight excluding hydrogens is 274 g/mol.